The molecule has 0 saturated carbocycles. The summed E-state index contributed by atoms with van der Waals surface area (Å²) in [4.78, 5) is 25.9. The summed E-state index contributed by atoms with van der Waals surface area (Å²) < 4.78 is 0. The molecule has 1 unspecified atom stereocenters. The number of hydrogen-bond acceptors (Lipinski definition) is 4. The molecule has 0 aliphatic carbocycles. The lowest BCUT2D eigenvalue weighted by molar-refractivity contribution is -0.137. The maximum atomic E-state index is 11.4. The van der Waals surface area contributed by atoms with E-state index >= 15 is 0 Å². The van der Waals surface area contributed by atoms with Crippen molar-refractivity contribution >= 4 is 23.2 Å². The van der Waals surface area contributed by atoms with Gasteiger partial charge >= 0.3 is 5.97 Å². The summed E-state index contributed by atoms with van der Waals surface area (Å²) in [5, 5.41) is 11.0. The number of rotatable bonds is 4. The highest BCUT2D eigenvalue weighted by atomic mass is 32.1. The summed E-state index contributed by atoms with van der Waals surface area (Å²) in [5.41, 5.74) is 1.55. The molecule has 0 fully saturated rings. The van der Waals surface area contributed by atoms with Gasteiger partial charge in [0.15, 0.2) is 0 Å². The SMILES string of the molecule is CC(CC(=O)O)NC(=O)c1cncs1. The second-order valence-corrected chi connectivity index (χ2v) is 3.72. The van der Waals surface area contributed by atoms with Gasteiger partial charge in [0.1, 0.15) is 4.88 Å². The van der Waals surface area contributed by atoms with Crippen molar-refractivity contribution in [2.45, 2.75) is 19.4 Å². The lowest BCUT2D eigenvalue weighted by Gasteiger charge is -2.09. The molecule has 0 aromatic carbocycles. The van der Waals surface area contributed by atoms with Crippen molar-refractivity contribution in [2.24, 2.45) is 0 Å². The summed E-state index contributed by atoms with van der Waals surface area (Å²) in [6, 6.07) is -0.373. The van der Waals surface area contributed by atoms with E-state index in [4.69, 9.17) is 5.11 Å². The summed E-state index contributed by atoms with van der Waals surface area (Å²) in [6.45, 7) is 1.65. The van der Waals surface area contributed by atoms with E-state index in [0.717, 1.165) is 0 Å². The van der Waals surface area contributed by atoms with Gasteiger partial charge in [0.2, 0.25) is 0 Å². The molecule has 2 N–H and O–H groups in total. The molecular formula is C8H10N2O3S. The summed E-state index contributed by atoms with van der Waals surface area (Å²) >= 11 is 1.22. The van der Waals surface area contributed by atoms with Crippen LogP contribution in [0.2, 0.25) is 0 Å². The fourth-order valence-electron chi connectivity index (χ4n) is 0.936. The van der Waals surface area contributed by atoms with Crippen LogP contribution in [0.3, 0.4) is 0 Å². The molecule has 1 aromatic heterocycles. The zero-order valence-electron chi connectivity index (χ0n) is 7.56. The Morgan fingerprint density at radius 2 is 2.43 bits per heavy atom. The molecule has 5 nitrogen and oxygen atoms in total. The number of nitrogens with zero attached hydrogens (tertiary/aromatic N) is 1. The van der Waals surface area contributed by atoms with Gasteiger partial charge in [0.25, 0.3) is 5.91 Å². The molecule has 0 aliphatic rings. The third-order valence-corrected chi connectivity index (χ3v) is 2.29. The molecule has 6 heteroatoms. The molecule has 1 aromatic rings. The van der Waals surface area contributed by atoms with E-state index in [2.05, 4.69) is 10.3 Å². The van der Waals surface area contributed by atoms with Gasteiger partial charge in [0, 0.05) is 6.04 Å². The first-order chi connectivity index (χ1) is 6.59. The van der Waals surface area contributed by atoms with Gasteiger partial charge in [-0.05, 0) is 6.92 Å². The highest BCUT2D eigenvalue weighted by molar-refractivity contribution is 7.11. The van der Waals surface area contributed by atoms with Gasteiger partial charge in [-0.2, -0.15) is 0 Å². The standard InChI is InChI=1S/C8H10N2O3S/c1-5(2-7(11)12)10-8(13)6-3-9-4-14-6/h3-5H,2H2,1H3,(H,10,13)(H,11,12). The van der Waals surface area contributed by atoms with Crippen molar-refractivity contribution in [3.63, 3.8) is 0 Å². The lowest BCUT2D eigenvalue weighted by atomic mass is 10.2. The average molecular weight is 214 g/mol. The van der Waals surface area contributed by atoms with Crippen LogP contribution in [0.25, 0.3) is 0 Å². The molecule has 0 spiro atoms. The maximum absolute atomic E-state index is 11.4. The molecular weight excluding hydrogens is 204 g/mol. The van der Waals surface area contributed by atoms with E-state index in [0.29, 0.717) is 4.88 Å². The first-order valence-electron chi connectivity index (χ1n) is 4.00. The van der Waals surface area contributed by atoms with Gasteiger partial charge in [0.05, 0.1) is 18.1 Å². The number of thiazole rings is 1. The lowest BCUT2D eigenvalue weighted by Crippen LogP contribution is -2.33. The molecule has 1 rings (SSSR count). The Bertz CT molecular complexity index is 323. The maximum Gasteiger partial charge on any atom is 0.305 e. The first-order valence-corrected chi connectivity index (χ1v) is 4.88. The van der Waals surface area contributed by atoms with Crippen molar-refractivity contribution < 1.29 is 14.7 Å². The minimum absolute atomic E-state index is 0.0788. The van der Waals surface area contributed by atoms with Crippen molar-refractivity contribution in [1.29, 1.82) is 0 Å². The fourth-order valence-corrected chi connectivity index (χ4v) is 1.46. The van der Waals surface area contributed by atoms with Crippen molar-refractivity contribution in [2.75, 3.05) is 0 Å². The van der Waals surface area contributed by atoms with Crippen molar-refractivity contribution in [1.82, 2.24) is 10.3 Å². The number of carbonyl (C=O) groups excluding carboxylic acids is 1. The Morgan fingerprint density at radius 3 is 2.93 bits per heavy atom. The third kappa shape index (κ3) is 3.14. The van der Waals surface area contributed by atoms with Gasteiger partial charge < -0.3 is 10.4 Å². The number of amides is 1. The number of carbonyl (C=O) groups is 2. The minimum Gasteiger partial charge on any atom is -0.481 e. The highest BCUT2D eigenvalue weighted by Gasteiger charge is 2.13. The summed E-state index contributed by atoms with van der Waals surface area (Å²) in [7, 11) is 0. The zero-order valence-corrected chi connectivity index (χ0v) is 8.37. The van der Waals surface area contributed by atoms with Crippen LogP contribution in [0, 0.1) is 0 Å². The van der Waals surface area contributed by atoms with E-state index in [-0.39, 0.29) is 18.4 Å². The van der Waals surface area contributed by atoms with Gasteiger partial charge in [-0.15, -0.1) is 11.3 Å². The van der Waals surface area contributed by atoms with E-state index in [9.17, 15) is 9.59 Å². The fraction of sp³-hybridized carbons (Fsp3) is 0.375. The zero-order chi connectivity index (χ0) is 10.6. The molecule has 0 aliphatic heterocycles. The number of hydrogen-bond donors (Lipinski definition) is 2. The quantitative estimate of drug-likeness (QED) is 0.774. The molecule has 76 valence electrons. The number of nitrogens with one attached hydrogen (secondary N) is 1. The predicted molar refractivity (Wildman–Crippen MR) is 51.3 cm³/mol. The van der Waals surface area contributed by atoms with E-state index in [1.165, 1.54) is 17.5 Å². The largest absolute Gasteiger partial charge is 0.481 e. The number of aliphatic carboxylic acids is 1. The van der Waals surface area contributed by atoms with Gasteiger partial charge in [-0.3, -0.25) is 14.6 Å². The van der Waals surface area contributed by atoms with Crippen LogP contribution in [-0.2, 0) is 4.79 Å². The van der Waals surface area contributed by atoms with Crippen molar-refractivity contribution in [3.8, 4) is 0 Å². The van der Waals surface area contributed by atoms with E-state index < -0.39 is 5.97 Å². The summed E-state index contributed by atoms with van der Waals surface area (Å²) in [6.07, 6.45) is 1.37. The van der Waals surface area contributed by atoms with Crippen LogP contribution in [0.15, 0.2) is 11.7 Å². The molecule has 14 heavy (non-hydrogen) atoms. The van der Waals surface area contributed by atoms with Crippen LogP contribution in [-0.4, -0.2) is 28.0 Å². The Balaban J connectivity index is 2.45. The molecule has 0 radical (unpaired) electrons. The van der Waals surface area contributed by atoms with Crippen LogP contribution in [0.1, 0.15) is 23.0 Å². The third-order valence-electron chi connectivity index (χ3n) is 1.51. The molecule has 1 atom stereocenters. The van der Waals surface area contributed by atoms with Crippen LogP contribution < -0.4 is 5.32 Å². The van der Waals surface area contributed by atoms with E-state index in [1.54, 1.807) is 12.4 Å². The Kier molecular flexibility index (Phi) is 3.58. The number of aromatic nitrogens is 1. The van der Waals surface area contributed by atoms with Crippen molar-refractivity contribution in [3.05, 3.63) is 16.6 Å². The first kappa shape index (κ1) is 10.6. The molecule has 0 saturated heterocycles. The number of carboxylic acids is 1. The monoisotopic (exact) mass is 214 g/mol. The normalized spacial score (nSPS) is 12.1. The Morgan fingerprint density at radius 1 is 1.71 bits per heavy atom. The van der Waals surface area contributed by atoms with Gasteiger partial charge in [-0.25, -0.2) is 0 Å². The molecule has 1 heterocycles. The van der Waals surface area contributed by atoms with Crippen LogP contribution in [0.5, 0.6) is 0 Å². The number of carboxylic acid groups (broad SMARTS) is 1. The molecule has 1 amide bonds. The summed E-state index contributed by atoms with van der Waals surface area (Å²) in [5.74, 6) is -1.21. The van der Waals surface area contributed by atoms with Crippen LogP contribution in [0.4, 0.5) is 0 Å². The van der Waals surface area contributed by atoms with Gasteiger partial charge in [-0.1, -0.05) is 0 Å². The predicted octanol–water partition coefficient (Wildman–Crippen LogP) is 0.736. The smallest absolute Gasteiger partial charge is 0.305 e. The topological polar surface area (TPSA) is 79.3 Å². The Labute approximate surface area is 84.8 Å². The Hall–Kier alpha value is -1.43. The van der Waals surface area contributed by atoms with E-state index in [1.807, 2.05) is 0 Å². The second kappa shape index (κ2) is 4.71. The van der Waals surface area contributed by atoms with Crippen LogP contribution >= 0.6 is 11.3 Å². The second-order valence-electron chi connectivity index (χ2n) is 2.84. The highest BCUT2D eigenvalue weighted by Crippen LogP contribution is 2.05. The minimum atomic E-state index is -0.929. The average Bonchev–Trinajstić information content (AvgIpc) is 2.53. The molecule has 0 bridgehead atoms.